The fourth-order valence-corrected chi connectivity index (χ4v) is 3.94. The molecule has 0 aliphatic carbocycles. The van der Waals surface area contributed by atoms with E-state index in [9.17, 15) is 0 Å². The van der Waals surface area contributed by atoms with Crippen LogP contribution in [0, 0.1) is 0 Å². The number of fused-ring (bicyclic) bond motifs is 2. The van der Waals surface area contributed by atoms with Crippen LogP contribution in [0.5, 0.6) is 0 Å². The van der Waals surface area contributed by atoms with Crippen LogP contribution in [0.2, 0.25) is 0 Å². The maximum absolute atomic E-state index is 2.30. The maximum Gasteiger partial charge on any atom is -0.00255 e. The molecule has 0 bridgehead atoms. The smallest absolute Gasteiger partial charge is 0.00255 e. The Labute approximate surface area is 166 Å². The summed E-state index contributed by atoms with van der Waals surface area (Å²) in [7, 11) is 0. The minimum atomic E-state index is 0.973. The highest BCUT2D eigenvalue weighted by Gasteiger charge is 2.02. The molecule has 5 aromatic rings. The van der Waals surface area contributed by atoms with Gasteiger partial charge in [-0.25, -0.2) is 0 Å². The van der Waals surface area contributed by atoms with Crippen LogP contribution in [0.25, 0.3) is 21.5 Å². The van der Waals surface area contributed by atoms with Crippen molar-refractivity contribution in [3.05, 3.63) is 131 Å². The van der Waals surface area contributed by atoms with E-state index in [2.05, 4.69) is 109 Å². The summed E-state index contributed by atoms with van der Waals surface area (Å²) in [5.74, 6) is 0. The van der Waals surface area contributed by atoms with Crippen molar-refractivity contribution in [2.24, 2.45) is 0 Å². The van der Waals surface area contributed by atoms with Crippen LogP contribution in [0.4, 0.5) is 0 Å². The molecule has 0 radical (unpaired) electrons. The zero-order valence-electron chi connectivity index (χ0n) is 15.8. The summed E-state index contributed by atoms with van der Waals surface area (Å²) in [5, 5.41) is 5.23. The van der Waals surface area contributed by atoms with Crippen molar-refractivity contribution < 1.29 is 0 Å². The molecule has 0 heteroatoms. The van der Waals surface area contributed by atoms with Crippen LogP contribution in [-0.2, 0) is 12.8 Å². The predicted molar refractivity (Wildman–Crippen MR) is 120 cm³/mol. The standard InChI is InChI=1S/C28H22/c1-3-7-27-19-23(13-15-25(27)5-1)17-21-9-11-22(12-10-21)18-24-14-16-26-6-2-4-8-28(26)20-24/h1-16,19-20H,17-18H2. The second-order valence-electron chi connectivity index (χ2n) is 7.53. The molecule has 0 N–H and O–H groups in total. The van der Waals surface area contributed by atoms with Gasteiger partial charge in [0.25, 0.3) is 0 Å². The largest absolute Gasteiger partial charge is 0.0616 e. The van der Waals surface area contributed by atoms with E-state index in [0.29, 0.717) is 0 Å². The van der Waals surface area contributed by atoms with Gasteiger partial charge in [-0.1, -0.05) is 109 Å². The highest BCUT2D eigenvalue weighted by molar-refractivity contribution is 5.83. The summed E-state index contributed by atoms with van der Waals surface area (Å²) >= 11 is 0. The van der Waals surface area contributed by atoms with E-state index >= 15 is 0 Å². The van der Waals surface area contributed by atoms with Crippen LogP contribution in [0.15, 0.2) is 109 Å². The molecule has 0 aliphatic rings. The molecule has 0 unspecified atom stereocenters. The molecule has 0 amide bonds. The van der Waals surface area contributed by atoms with Crippen molar-refractivity contribution in [1.82, 2.24) is 0 Å². The first-order valence-corrected chi connectivity index (χ1v) is 9.87. The Morgan fingerprint density at radius 1 is 0.321 bits per heavy atom. The van der Waals surface area contributed by atoms with Crippen molar-refractivity contribution in [2.75, 3.05) is 0 Å². The lowest BCUT2D eigenvalue weighted by molar-refractivity contribution is 1.16. The molecular weight excluding hydrogens is 336 g/mol. The third kappa shape index (κ3) is 3.54. The van der Waals surface area contributed by atoms with E-state index < -0.39 is 0 Å². The van der Waals surface area contributed by atoms with E-state index in [1.54, 1.807) is 0 Å². The van der Waals surface area contributed by atoms with Gasteiger partial charge in [0.05, 0.1) is 0 Å². The molecule has 0 nitrogen and oxygen atoms in total. The Kier molecular flexibility index (Phi) is 4.39. The van der Waals surface area contributed by atoms with Crippen LogP contribution in [-0.4, -0.2) is 0 Å². The summed E-state index contributed by atoms with van der Waals surface area (Å²) in [6.45, 7) is 0. The topological polar surface area (TPSA) is 0 Å². The average molecular weight is 358 g/mol. The molecule has 0 heterocycles. The first kappa shape index (κ1) is 16.8. The lowest BCUT2D eigenvalue weighted by Crippen LogP contribution is -1.92. The zero-order chi connectivity index (χ0) is 18.8. The Morgan fingerprint density at radius 3 is 1.11 bits per heavy atom. The van der Waals surface area contributed by atoms with Gasteiger partial charge in [-0.3, -0.25) is 0 Å². The van der Waals surface area contributed by atoms with Gasteiger partial charge in [0.1, 0.15) is 0 Å². The number of benzene rings is 5. The van der Waals surface area contributed by atoms with E-state index in [-0.39, 0.29) is 0 Å². The Bertz CT molecular complexity index is 1150. The molecule has 28 heavy (non-hydrogen) atoms. The highest BCUT2D eigenvalue weighted by atomic mass is 14.1. The molecular formula is C28H22. The Balaban J connectivity index is 1.32. The summed E-state index contributed by atoms with van der Waals surface area (Å²) in [4.78, 5) is 0. The highest BCUT2D eigenvalue weighted by Crippen LogP contribution is 2.20. The second-order valence-corrected chi connectivity index (χ2v) is 7.53. The first-order chi connectivity index (χ1) is 13.8. The SMILES string of the molecule is c1ccc2cc(Cc3ccc(Cc4ccc5ccccc5c4)cc3)ccc2c1. The van der Waals surface area contributed by atoms with Gasteiger partial charge in [0.15, 0.2) is 0 Å². The lowest BCUT2D eigenvalue weighted by Gasteiger charge is -2.07. The van der Waals surface area contributed by atoms with E-state index in [0.717, 1.165) is 12.8 Å². The molecule has 0 saturated heterocycles. The Morgan fingerprint density at radius 2 is 0.679 bits per heavy atom. The van der Waals surface area contributed by atoms with Crippen molar-refractivity contribution in [3.63, 3.8) is 0 Å². The third-order valence-electron chi connectivity index (χ3n) is 5.47. The van der Waals surface area contributed by atoms with Crippen molar-refractivity contribution in [1.29, 1.82) is 0 Å². The summed E-state index contributed by atoms with van der Waals surface area (Å²) in [6.07, 6.45) is 1.95. The number of hydrogen-bond donors (Lipinski definition) is 0. The molecule has 5 rings (SSSR count). The summed E-state index contributed by atoms with van der Waals surface area (Å²) in [6, 6.07) is 39.7. The molecule has 0 spiro atoms. The summed E-state index contributed by atoms with van der Waals surface area (Å²) in [5.41, 5.74) is 5.44. The van der Waals surface area contributed by atoms with Crippen LogP contribution >= 0.6 is 0 Å². The zero-order valence-corrected chi connectivity index (χ0v) is 15.8. The van der Waals surface area contributed by atoms with E-state index in [1.165, 1.54) is 43.8 Å². The fraction of sp³-hybridized carbons (Fsp3) is 0.0714. The summed E-state index contributed by atoms with van der Waals surface area (Å²) < 4.78 is 0. The number of hydrogen-bond acceptors (Lipinski definition) is 0. The minimum absolute atomic E-state index is 0.973. The molecule has 134 valence electrons. The average Bonchev–Trinajstić information content (AvgIpc) is 2.75. The second kappa shape index (κ2) is 7.32. The molecule has 0 fully saturated rings. The van der Waals surface area contributed by atoms with Crippen LogP contribution in [0.3, 0.4) is 0 Å². The molecule has 0 aromatic heterocycles. The number of rotatable bonds is 4. The minimum Gasteiger partial charge on any atom is -0.0616 e. The molecule has 0 aliphatic heterocycles. The monoisotopic (exact) mass is 358 g/mol. The van der Waals surface area contributed by atoms with Crippen molar-refractivity contribution in [2.45, 2.75) is 12.8 Å². The van der Waals surface area contributed by atoms with Crippen LogP contribution in [0.1, 0.15) is 22.3 Å². The van der Waals surface area contributed by atoms with E-state index in [1.807, 2.05) is 0 Å². The maximum atomic E-state index is 2.30. The van der Waals surface area contributed by atoms with E-state index in [4.69, 9.17) is 0 Å². The Hall–Kier alpha value is -3.38. The first-order valence-electron chi connectivity index (χ1n) is 9.87. The fourth-order valence-electron chi connectivity index (χ4n) is 3.94. The predicted octanol–water partition coefficient (Wildman–Crippen LogP) is 7.17. The van der Waals surface area contributed by atoms with Gasteiger partial charge in [0, 0.05) is 0 Å². The van der Waals surface area contributed by atoms with Gasteiger partial charge < -0.3 is 0 Å². The van der Waals surface area contributed by atoms with Crippen LogP contribution < -0.4 is 0 Å². The third-order valence-corrected chi connectivity index (χ3v) is 5.47. The van der Waals surface area contributed by atoms with Gasteiger partial charge >= 0.3 is 0 Å². The van der Waals surface area contributed by atoms with Gasteiger partial charge in [-0.2, -0.15) is 0 Å². The molecule has 0 saturated carbocycles. The molecule has 0 atom stereocenters. The lowest BCUT2D eigenvalue weighted by atomic mass is 9.98. The van der Waals surface area contributed by atoms with Gasteiger partial charge in [-0.05, 0) is 56.6 Å². The van der Waals surface area contributed by atoms with Gasteiger partial charge in [0.2, 0.25) is 0 Å². The quantitative estimate of drug-likeness (QED) is 0.319. The molecule has 5 aromatic carbocycles. The van der Waals surface area contributed by atoms with Gasteiger partial charge in [-0.15, -0.1) is 0 Å². The van der Waals surface area contributed by atoms with Crippen molar-refractivity contribution in [3.8, 4) is 0 Å². The normalized spacial score (nSPS) is 11.1. The van der Waals surface area contributed by atoms with Crippen molar-refractivity contribution >= 4 is 21.5 Å².